The lowest BCUT2D eigenvalue weighted by molar-refractivity contribution is -0.130. The summed E-state index contributed by atoms with van der Waals surface area (Å²) in [4.78, 5) is 27.6. The molecule has 1 atom stereocenters. The molecule has 5 rings (SSSR count). The SMILES string of the molecule is Cc1nnc(SCC(=O)N2N=C(c3ccc4ccccc4c3)C[C@@H]2c2ccccc2)[nH]c1=O. The van der Waals surface area contributed by atoms with Crippen LogP contribution in [0.4, 0.5) is 0 Å². The number of nitrogens with zero attached hydrogens (tertiary/aromatic N) is 4. The molecule has 0 aliphatic carbocycles. The van der Waals surface area contributed by atoms with E-state index in [0.717, 1.165) is 39.4 Å². The van der Waals surface area contributed by atoms with Crippen LogP contribution in [-0.4, -0.2) is 37.6 Å². The van der Waals surface area contributed by atoms with Gasteiger partial charge >= 0.3 is 0 Å². The first-order valence-corrected chi connectivity index (χ1v) is 11.6. The molecule has 0 saturated carbocycles. The number of carbonyl (C=O) groups excluding carboxylic acids is 1. The Morgan fingerprint density at radius 2 is 1.79 bits per heavy atom. The van der Waals surface area contributed by atoms with Crippen molar-refractivity contribution in [2.45, 2.75) is 24.5 Å². The predicted octanol–water partition coefficient (Wildman–Crippen LogP) is 4.10. The Morgan fingerprint density at radius 1 is 1.03 bits per heavy atom. The van der Waals surface area contributed by atoms with E-state index < -0.39 is 0 Å². The Balaban J connectivity index is 1.43. The van der Waals surface area contributed by atoms with E-state index in [1.54, 1.807) is 11.9 Å². The van der Waals surface area contributed by atoms with Crippen LogP contribution in [0.5, 0.6) is 0 Å². The molecule has 3 aromatic carbocycles. The summed E-state index contributed by atoms with van der Waals surface area (Å²) in [5, 5.41) is 16.7. The van der Waals surface area contributed by atoms with Gasteiger partial charge in [-0.25, -0.2) is 5.01 Å². The number of thioether (sulfide) groups is 1. The first-order valence-electron chi connectivity index (χ1n) is 10.6. The molecule has 2 heterocycles. The van der Waals surface area contributed by atoms with Crippen LogP contribution in [0.3, 0.4) is 0 Å². The number of rotatable bonds is 5. The summed E-state index contributed by atoms with van der Waals surface area (Å²) < 4.78 is 0. The first-order chi connectivity index (χ1) is 16.1. The monoisotopic (exact) mass is 455 g/mol. The normalized spacial score (nSPS) is 15.6. The van der Waals surface area contributed by atoms with Gasteiger partial charge in [0.25, 0.3) is 11.5 Å². The molecule has 0 fully saturated rings. The number of benzene rings is 3. The lowest BCUT2D eigenvalue weighted by Gasteiger charge is -2.21. The minimum Gasteiger partial charge on any atom is -0.298 e. The Bertz CT molecular complexity index is 1420. The molecule has 1 aromatic heterocycles. The molecule has 1 N–H and O–H groups in total. The second-order valence-corrected chi connectivity index (χ2v) is 8.77. The molecule has 0 bridgehead atoms. The van der Waals surface area contributed by atoms with Crippen molar-refractivity contribution in [1.29, 1.82) is 0 Å². The number of amides is 1. The summed E-state index contributed by atoms with van der Waals surface area (Å²) in [7, 11) is 0. The highest BCUT2D eigenvalue weighted by Gasteiger charge is 2.33. The van der Waals surface area contributed by atoms with Gasteiger partial charge in [-0.1, -0.05) is 78.5 Å². The first kappa shape index (κ1) is 21.1. The molecule has 8 heteroatoms. The lowest BCUT2D eigenvalue weighted by atomic mass is 9.97. The third kappa shape index (κ3) is 4.42. The third-order valence-electron chi connectivity index (χ3n) is 5.61. The van der Waals surface area contributed by atoms with Gasteiger partial charge in [-0.05, 0) is 34.9 Å². The van der Waals surface area contributed by atoms with Crippen molar-refractivity contribution in [3.63, 3.8) is 0 Å². The number of hydrazone groups is 1. The minimum atomic E-state index is -0.306. The number of nitrogens with one attached hydrogen (secondary N) is 1. The molecule has 1 aliphatic rings. The van der Waals surface area contributed by atoms with Gasteiger partial charge in [-0.15, -0.1) is 10.2 Å². The molecule has 0 saturated heterocycles. The zero-order valence-corrected chi connectivity index (χ0v) is 18.7. The van der Waals surface area contributed by atoms with E-state index in [4.69, 9.17) is 5.10 Å². The van der Waals surface area contributed by atoms with Crippen LogP contribution >= 0.6 is 11.8 Å². The van der Waals surface area contributed by atoms with Crippen molar-refractivity contribution in [2.24, 2.45) is 5.10 Å². The van der Waals surface area contributed by atoms with E-state index in [0.29, 0.717) is 17.3 Å². The largest absolute Gasteiger partial charge is 0.298 e. The van der Waals surface area contributed by atoms with E-state index >= 15 is 0 Å². The van der Waals surface area contributed by atoms with Gasteiger partial charge < -0.3 is 0 Å². The van der Waals surface area contributed by atoms with Crippen molar-refractivity contribution >= 4 is 34.2 Å². The summed E-state index contributed by atoms with van der Waals surface area (Å²) in [5.41, 5.74) is 2.89. The average molecular weight is 456 g/mol. The van der Waals surface area contributed by atoms with Crippen LogP contribution in [0.1, 0.15) is 29.3 Å². The van der Waals surface area contributed by atoms with Crippen LogP contribution in [0, 0.1) is 6.92 Å². The van der Waals surface area contributed by atoms with Crippen LogP contribution in [0.15, 0.2) is 87.8 Å². The number of H-pyrrole nitrogens is 1. The Morgan fingerprint density at radius 3 is 2.58 bits per heavy atom. The zero-order chi connectivity index (χ0) is 22.8. The second kappa shape index (κ2) is 8.99. The maximum Gasteiger partial charge on any atom is 0.273 e. The molecule has 1 aliphatic heterocycles. The molecule has 4 aromatic rings. The molecule has 0 unspecified atom stereocenters. The predicted molar refractivity (Wildman–Crippen MR) is 129 cm³/mol. The summed E-state index contributed by atoms with van der Waals surface area (Å²) in [6, 6.07) is 24.2. The fourth-order valence-corrected chi connectivity index (χ4v) is 4.51. The fraction of sp³-hybridized carbons (Fsp3) is 0.160. The number of carbonyl (C=O) groups is 1. The van der Waals surface area contributed by atoms with E-state index in [9.17, 15) is 9.59 Å². The van der Waals surface area contributed by atoms with Crippen molar-refractivity contribution in [3.8, 4) is 0 Å². The zero-order valence-electron chi connectivity index (χ0n) is 17.9. The van der Waals surface area contributed by atoms with Gasteiger partial charge in [0.2, 0.25) is 0 Å². The maximum absolute atomic E-state index is 13.2. The molecule has 0 spiro atoms. The highest BCUT2D eigenvalue weighted by Crippen LogP contribution is 2.34. The topological polar surface area (TPSA) is 91.3 Å². The number of aromatic nitrogens is 3. The molecule has 164 valence electrons. The van der Waals surface area contributed by atoms with E-state index in [-0.39, 0.29) is 23.3 Å². The number of hydrogen-bond acceptors (Lipinski definition) is 6. The van der Waals surface area contributed by atoms with Crippen molar-refractivity contribution in [2.75, 3.05) is 5.75 Å². The van der Waals surface area contributed by atoms with Crippen molar-refractivity contribution in [3.05, 3.63) is 100.0 Å². The van der Waals surface area contributed by atoms with E-state index in [2.05, 4.69) is 45.5 Å². The quantitative estimate of drug-likeness (QED) is 0.458. The highest BCUT2D eigenvalue weighted by atomic mass is 32.2. The maximum atomic E-state index is 13.2. The number of aromatic amines is 1. The van der Waals surface area contributed by atoms with Gasteiger partial charge in [-0.2, -0.15) is 5.10 Å². The smallest absolute Gasteiger partial charge is 0.273 e. The summed E-state index contributed by atoms with van der Waals surface area (Å²) in [5.74, 6) is -0.0706. The molecule has 33 heavy (non-hydrogen) atoms. The van der Waals surface area contributed by atoms with E-state index in [1.807, 2.05) is 42.5 Å². The lowest BCUT2D eigenvalue weighted by Crippen LogP contribution is -2.28. The highest BCUT2D eigenvalue weighted by molar-refractivity contribution is 7.99. The number of aryl methyl sites for hydroxylation is 1. The van der Waals surface area contributed by atoms with Crippen molar-refractivity contribution in [1.82, 2.24) is 20.2 Å². The Hall–Kier alpha value is -3.78. The second-order valence-electron chi connectivity index (χ2n) is 7.81. The van der Waals surface area contributed by atoms with Crippen LogP contribution in [0.2, 0.25) is 0 Å². The summed E-state index contributed by atoms with van der Waals surface area (Å²) in [6.07, 6.45) is 0.625. The van der Waals surface area contributed by atoms with Gasteiger partial charge in [0.05, 0.1) is 17.5 Å². The summed E-state index contributed by atoms with van der Waals surface area (Å²) >= 11 is 1.14. The minimum absolute atomic E-state index is 0.0888. The number of hydrogen-bond donors (Lipinski definition) is 1. The molecule has 0 radical (unpaired) electrons. The number of fused-ring (bicyclic) bond motifs is 1. The fourth-order valence-electron chi connectivity index (χ4n) is 3.86. The van der Waals surface area contributed by atoms with Gasteiger partial charge in [0.15, 0.2) is 5.16 Å². The van der Waals surface area contributed by atoms with Gasteiger partial charge in [0.1, 0.15) is 5.69 Å². The Kier molecular flexibility index (Phi) is 5.75. The van der Waals surface area contributed by atoms with Gasteiger partial charge in [-0.3, -0.25) is 14.6 Å². The molecular formula is C25H21N5O2S. The van der Waals surface area contributed by atoms with Crippen molar-refractivity contribution < 1.29 is 4.79 Å². The summed E-state index contributed by atoms with van der Waals surface area (Å²) in [6.45, 7) is 1.59. The third-order valence-corrected chi connectivity index (χ3v) is 6.45. The molecule has 7 nitrogen and oxygen atoms in total. The molecular weight excluding hydrogens is 434 g/mol. The molecule has 1 amide bonds. The average Bonchev–Trinajstić information content (AvgIpc) is 3.30. The van der Waals surface area contributed by atoms with Crippen LogP contribution < -0.4 is 5.56 Å². The van der Waals surface area contributed by atoms with Crippen LogP contribution in [-0.2, 0) is 4.79 Å². The van der Waals surface area contributed by atoms with E-state index in [1.165, 1.54) is 0 Å². The standard InChI is InChI=1S/C25H21N5O2S/c1-16-24(32)26-25(28-27-16)33-15-23(31)30-22(18-8-3-2-4-9-18)14-21(29-30)20-12-11-17-7-5-6-10-19(17)13-20/h2-13,22H,14-15H2,1H3,(H,26,28,32)/t22-/m1/s1. The van der Waals surface area contributed by atoms with Crippen LogP contribution in [0.25, 0.3) is 10.8 Å². The van der Waals surface area contributed by atoms with Gasteiger partial charge in [0, 0.05) is 6.42 Å². The Labute approximate surface area is 194 Å².